The van der Waals surface area contributed by atoms with E-state index in [-0.39, 0.29) is 17.8 Å². The highest BCUT2D eigenvalue weighted by molar-refractivity contribution is 7.95. The third-order valence-electron chi connectivity index (χ3n) is 2.33. The number of hydrogen-bond donors (Lipinski definition) is 2. The molecule has 2 aliphatic rings. The van der Waals surface area contributed by atoms with Crippen molar-refractivity contribution in [3.8, 4) is 0 Å². The fraction of sp³-hybridized carbons (Fsp3) is 0.333. The number of fused-ring (bicyclic) bond motifs is 3. The third kappa shape index (κ3) is 1.28. The van der Waals surface area contributed by atoms with Crippen molar-refractivity contribution in [3.63, 3.8) is 0 Å². The molecule has 7 nitrogen and oxygen atoms in total. The number of nitrogens with one attached hydrogen (secondary N) is 2. The summed E-state index contributed by atoms with van der Waals surface area (Å²) >= 11 is 2.33. The SMILES string of the molecule is O=[N+]([O-])C1=C[C@@H]2NSN[C@@H]2c2nsnc21. The Balaban J connectivity index is 2.15. The third-order valence-corrected chi connectivity index (χ3v) is 3.63. The van der Waals surface area contributed by atoms with E-state index in [1.807, 2.05) is 0 Å². The summed E-state index contributed by atoms with van der Waals surface area (Å²) in [5, 5.41) is 10.8. The normalized spacial score (nSPS) is 28.1. The number of nitrogens with zero attached hydrogens (tertiary/aromatic N) is 3. The molecule has 0 radical (unpaired) electrons. The van der Waals surface area contributed by atoms with Crippen molar-refractivity contribution < 1.29 is 4.92 Å². The van der Waals surface area contributed by atoms with Gasteiger partial charge in [-0.25, -0.2) is 9.44 Å². The zero-order valence-electron chi connectivity index (χ0n) is 7.21. The Morgan fingerprint density at radius 1 is 1.47 bits per heavy atom. The molecule has 1 aliphatic heterocycles. The van der Waals surface area contributed by atoms with Crippen LogP contribution in [0.1, 0.15) is 17.4 Å². The van der Waals surface area contributed by atoms with Crippen LogP contribution in [0.2, 0.25) is 0 Å². The molecular weight excluding hydrogens is 238 g/mol. The molecule has 0 saturated carbocycles. The van der Waals surface area contributed by atoms with Crippen LogP contribution in [0.25, 0.3) is 5.70 Å². The topological polar surface area (TPSA) is 93.0 Å². The molecule has 1 aromatic rings. The van der Waals surface area contributed by atoms with Crippen molar-refractivity contribution in [2.45, 2.75) is 12.1 Å². The van der Waals surface area contributed by atoms with E-state index < -0.39 is 4.92 Å². The van der Waals surface area contributed by atoms with E-state index in [2.05, 4.69) is 18.2 Å². The molecule has 1 fully saturated rings. The molecule has 1 saturated heterocycles. The summed E-state index contributed by atoms with van der Waals surface area (Å²) in [6, 6.07) is -0.112. The van der Waals surface area contributed by atoms with Crippen molar-refractivity contribution in [2.24, 2.45) is 0 Å². The molecule has 0 amide bonds. The monoisotopic (exact) mass is 243 g/mol. The molecule has 3 rings (SSSR count). The maximum Gasteiger partial charge on any atom is 0.295 e. The van der Waals surface area contributed by atoms with Gasteiger partial charge in [0.15, 0.2) is 5.69 Å². The molecule has 2 N–H and O–H groups in total. The molecule has 2 heterocycles. The maximum atomic E-state index is 10.8. The largest absolute Gasteiger partial charge is 0.295 e. The van der Waals surface area contributed by atoms with Gasteiger partial charge in [0.1, 0.15) is 5.69 Å². The van der Waals surface area contributed by atoms with Crippen LogP contribution in [0.5, 0.6) is 0 Å². The standard InChI is InChI=1S/C6H5N5O2S2/c12-11(13)3-1-2-4(8-14-7-2)6-5(3)9-15-10-6/h1-2,4,7-8H/t2-,4-/m0/s1. The van der Waals surface area contributed by atoms with Crippen LogP contribution in [-0.2, 0) is 0 Å². The number of nitro groups is 1. The Hall–Kier alpha value is -1.03. The minimum Gasteiger partial charge on any atom is -0.258 e. The Bertz CT molecular complexity index is 458. The molecule has 0 unspecified atom stereocenters. The first-order chi connectivity index (χ1) is 7.27. The average molecular weight is 243 g/mol. The van der Waals surface area contributed by atoms with E-state index in [1.54, 1.807) is 6.08 Å². The van der Waals surface area contributed by atoms with Gasteiger partial charge in [0, 0.05) is 18.2 Å². The Morgan fingerprint density at radius 2 is 2.33 bits per heavy atom. The summed E-state index contributed by atoms with van der Waals surface area (Å²) in [5.41, 5.74) is 1.09. The summed E-state index contributed by atoms with van der Waals surface area (Å²) in [4.78, 5) is 10.4. The van der Waals surface area contributed by atoms with E-state index in [9.17, 15) is 10.1 Å². The van der Waals surface area contributed by atoms with Crippen LogP contribution in [0.15, 0.2) is 6.08 Å². The van der Waals surface area contributed by atoms with Gasteiger partial charge in [-0.1, -0.05) is 0 Å². The summed E-state index contributed by atoms with van der Waals surface area (Å²) in [5.74, 6) is 0. The van der Waals surface area contributed by atoms with Gasteiger partial charge in [-0.2, -0.15) is 8.75 Å². The van der Waals surface area contributed by atoms with Crippen molar-refractivity contribution in [1.29, 1.82) is 0 Å². The van der Waals surface area contributed by atoms with Crippen LogP contribution in [0.4, 0.5) is 0 Å². The van der Waals surface area contributed by atoms with Crippen LogP contribution in [0, 0.1) is 10.1 Å². The number of hydrogen-bond acceptors (Lipinski definition) is 8. The van der Waals surface area contributed by atoms with Gasteiger partial charge in [0.05, 0.1) is 28.7 Å². The molecule has 0 aromatic carbocycles. The second kappa shape index (κ2) is 3.23. The minimum atomic E-state index is -0.416. The molecule has 0 bridgehead atoms. The van der Waals surface area contributed by atoms with Gasteiger partial charge < -0.3 is 0 Å². The Morgan fingerprint density at radius 3 is 3.13 bits per heavy atom. The number of aromatic nitrogens is 2. The van der Waals surface area contributed by atoms with Gasteiger partial charge in [-0.05, 0) is 0 Å². The second-order valence-electron chi connectivity index (χ2n) is 3.15. The van der Waals surface area contributed by atoms with Crippen LogP contribution in [0.3, 0.4) is 0 Å². The first-order valence-corrected chi connectivity index (χ1v) is 5.68. The first-order valence-electron chi connectivity index (χ1n) is 4.13. The highest BCUT2D eigenvalue weighted by Crippen LogP contribution is 2.36. The molecule has 1 aliphatic carbocycles. The van der Waals surface area contributed by atoms with Crippen molar-refractivity contribution in [3.05, 3.63) is 27.6 Å². The van der Waals surface area contributed by atoms with Crippen LogP contribution >= 0.6 is 23.9 Å². The molecule has 0 spiro atoms. The predicted octanol–water partition coefficient (Wildman–Crippen LogP) is 0.335. The van der Waals surface area contributed by atoms with Gasteiger partial charge in [0.2, 0.25) is 0 Å². The lowest BCUT2D eigenvalue weighted by Gasteiger charge is -2.16. The van der Waals surface area contributed by atoms with Crippen LogP contribution < -0.4 is 9.44 Å². The van der Waals surface area contributed by atoms with Gasteiger partial charge in [-0.15, -0.1) is 0 Å². The molecular formula is C6H5N5O2S2. The van der Waals surface area contributed by atoms with Crippen molar-refractivity contribution >= 4 is 29.6 Å². The average Bonchev–Trinajstić information content (AvgIpc) is 2.83. The molecule has 15 heavy (non-hydrogen) atoms. The van der Waals surface area contributed by atoms with E-state index in [4.69, 9.17) is 0 Å². The summed E-state index contributed by atoms with van der Waals surface area (Å²) in [7, 11) is 0. The lowest BCUT2D eigenvalue weighted by atomic mass is 9.97. The molecule has 2 atom stereocenters. The fourth-order valence-corrected chi connectivity index (χ4v) is 3.03. The second-order valence-corrected chi connectivity index (χ2v) is 4.35. The summed E-state index contributed by atoms with van der Waals surface area (Å²) < 4.78 is 14.2. The van der Waals surface area contributed by atoms with Gasteiger partial charge >= 0.3 is 0 Å². The number of rotatable bonds is 1. The van der Waals surface area contributed by atoms with E-state index >= 15 is 0 Å². The molecule has 9 heteroatoms. The van der Waals surface area contributed by atoms with Crippen LogP contribution in [-0.4, -0.2) is 19.7 Å². The maximum absolute atomic E-state index is 10.8. The molecule has 1 aromatic heterocycles. The van der Waals surface area contributed by atoms with E-state index in [1.165, 1.54) is 12.1 Å². The quantitative estimate of drug-likeness (QED) is 0.417. The van der Waals surface area contributed by atoms with Crippen molar-refractivity contribution in [2.75, 3.05) is 0 Å². The zero-order chi connectivity index (χ0) is 10.4. The minimum absolute atomic E-state index is 0.0209. The zero-order valence-corrected chi connectivity index (χ0v) is 8.84. The first kappa shape index (κ1) is 9.21. The molecule has 78 valence electrons. The summed E-state index contributed by atoms with van der Waals surface area (Å²) in [6.45, 7) is 0. The van der Waals surface area contributed by atoms with Crippen molar-refractivity contribution in [1.82, 2.24) is 18.2 Å². The lowest BCUT2D eigenvalue weighted by Crippen LogP contribution is -2.29. The van der Waals surface area contributed by atoms with E-state index in [0.29, 0.717) is 11.4 Å². The Kier molecular flexibility index (Phi) is 1.99. The highest BCUT2D eigenvalue weighted by atomic mass is 32.2. The summed E-state index contributed by atoms with van der Waals surface area (Å²) in [6.07, 6.45) is 1.58. The lowest BCUT2D eigenvalue weighted by molar-refractivity contribution is -0.376. The Labute approximate surface area is 92.7 Å². The predicted molar refractivity (Wildman–Crippen MR) is 55.3 cm³/mol. The van der Waals surface area contributed by atoms with Gasteiger partial charge in [0.25, 0.3) is 5.70 Å². The van der Waals surface area contributed by atoms with Gasteiger partial charge in [-0.3, -0.25) is 10.1 Å². The smallest absolute Gasteiger partial charge is 0.258 e. The van der Waals surface area contributed by atoms with E-state index in [0.717, 1.165) is 11.7 Å². The highest BCUT2D eigenvalue weighted by Gasteiger charge is 2.40. The fourth-order valence-electron chi connectivity index (χ4n) is 1.64.